The molecule has 12 heteroatoms. The van der Waals surface area contributed by atoms with Crippen molar-refractivity contribution in [3.63, 3.8) is 0 Å². The van der Waals surface area contributed by atoms with Gasteiger partial charge < -0.3 is 9.47 Å². The van der Waals surface area contributed by atoms with E-state index in [-0.39, 0.29) is 30.9 Å². The Balaban J connectivity index is 1.56. The van der Waals surface area contributed by atoms with Crippen molar-refractivity contribution in [2.24, 2.45) is 0 Å². The highest BCUT2D eigenvalue weighted by atomic mass is 79.9. The van der Waals surface area contributed by atoms with Gasteiger partial charge in [-0.2, -0.15) is 0 Å². The van der Waals surface area contributed by atoms with Gasteiger partial charge in [0.2, 0.25) is 5.88 Å². The van der Waals surface area contributed by atoms with Crippen LogP contribution in [0.4, 0.5) is 5.82 Å². The number of hydrogen-bond donors (Lipinski definition) is 1. The smallest absolute Gasteiger partial charge is 0.316 e. The molecule has 0 spiro atoms. The normalized spacial score (nSPS) is 11.4. The van der Waals surface area contributed by atoms with E-state index in [1.54, 1.807) is 48.8 Å². The fraction of sp³-hybridized carbons (Fsp3) is 0.0833. The van der Waals surface area contributed by atoms with Crippen molar-refractivity contribution in [2.45, 2.75) is 0 Å². The number of hydrogen-bond acceptors (Lipinski definition) is 8. The van der Waals surface area contributed by atoms with E-state index < -0.39 is 10.0 Å². The summed E-state index contributed by atoms with van der Waals surface area (Å²) in [7, 11) is -3.90. The summed E-state index contributed by atoms with van der Waals surface area (Å²) in [4.78, 5) is 16.4. The lowest BCUT2D eigenvalue weighted by Gasteiger charge is -2.15. The molecule has 9 nitrogen and oxygen atoms in total. The van der Waals surface area contributed by atoms with Gasteiger partial charge in [0.05, 0.1) is 15.4 Å². The first kappa shape index (κ1) is 25.5. The van der Waals surface area contributed by atoms with Crippen LogP contribution in [0.1, 0.15) is 5.56 Å². The van der Waals surface area contributed by atoms with Crippen LogP contribution in [0.5, 0.6) is 11.9 Å². The second-order valence-electron chi connectivity index (χ2n) is 7.15. The molecule has 2 aromatic heterocycles. The van der Waals surface area contributed by atoms with Crippen LogP contribution in [0.2, 0.25) is 5.02 Å². The van der Waals surface area contributed by atoms with E-state index in [4.69, 9.17) is 21.1 Å². The van der Waals surface area contributed by atoms with Crippen LogP contribution in [0.25, 0.3) is 17.2 Å². The molecule has 0 bridgehead atoms. The minimum absolute atomic E-state index is 0.0530. The SMILES string of the molecule is O=S(=O)(/C=C/c1ccccc1)Nc1ncnc(OCCOc2ncc(Br)cn2)c1-c1ccc(Cl)cc1. The van der Waals surface area contributed by atoms with Crippen LogP contribution in [-0.2, 0) is 10.0 Å². The lowest BCUT2D eigenvalue weighted by molar-refractivity contribution is 0.202. The van der Waals surface area contributed by atoms with E-state index in [9.17, 15) is 8.42 Å². The molecule has 2 heterocycles. The Kier molecular flexibility index (Phi) is 8.47. The number of sulfonamides is 1. The molecular formula is C24H19BrClN5O4S. The first-order valence-corrected chi connectivity index (χ1v) is 13.2. The van der Waals surface area contributed by atoms with Gasteiger partial charge in [0.1, 0.15) is 19.5 Å². The topological polar surface area (TPSA) is 116 Å². The van der Waals surface area contributed by atoms with Crippen LogP contribution in [0.15, 0.2) is 83.2 Å². The van der Waals surface area contributed by atoms with Gasteiger partial charge in [-0.1, -0.05) is 54.1 Å². The van der Waals surface area contributed by atoms with Gasteiger partial charge in [-0.3, -0.25) is 4.72 Å². The molecule has 2 aromatic carbocycles. The van der Waals surface area contributed by atoms with E-state index in [1.807, 2.05) is 18.2 Å². The summed E-state index contributed by atoms with van der Waals surface area (Å²) in [6, 6.07) is 16.1. The Morgan fingerprint density at radius 1 is 0.917 bits per heavy atom. The first-order chi connectivity index (χ1) is 17.4. The van der Waals surface area contributed by atoms with Gasteiger partial charge in [0, 0.05) is 17.4 Å². The Morgan fingerprint density at radius 2 is 1.61 bits per heavy atom. The molecular weight excluding hydrogens is 570 g/mol. The van der Waals surface area contributed by atoms with Crippen molar-refractivity contribution >= 4 is 49.4 Å². The minimum Gasteiger partial charge on any atom is -0.473 e. The summed E-state index contributed by atoms with van der Waals surface area (Å²) in [6.45, 7) is 0.226. The van der Waals surface area contributed by atoms with Crippen LogP contribution < -0.4 is 14.2 Å². The Morgan fingerprint density at radius 3 is 2.33 bits per heavy atom. The number of nitrogens with zero attached hydrogens (tertiary/aromatic N) is 4. The number of nitrogens with one attached hydrogen (secondary N) is 1. The molecule has 0 fully saturated rings. The van der Waals surface area contributed by atoms with Crippen molar-refractivity contribution in [1.29, 1.82) is 0 Å². The molecule has 0 saturated carbocycles. The molecule has 4 aromatic rings. The van der Waals surface area contributed by atoms with Gasteiger partial charge in [-0.15, -0.1) is 0 Å². The Bertz CT molecular complexity index is 1440. The lowest BCUT2D eigenvalue weighted by atomic mass is 10.1. The van der Waals surface area contributed by atoms with Crippen LogP contribution in [0.3, 0.4) is 0 Å². The zero-order valence-corrected chi connectivity index (χ0v) is 21.7. The Hall–Kier alpha value is -3.54. The fourth-order valence-electron chi connectivity index (χ4n) is 2.98. The highest BCUT2D eigenvalue weighted by molar-refractivity contribution is 9.10. The van der Waals surface area contributed by atoms with Crippen LogP contribution in [-0.4, -0.2) is 41.6 Å². The largest absolute Gasteiger partial charge is 0.473 e. The molecule has 0 aliphatic heterocycles. The molecule has 4 rings (SSSR count). The van der Waals surface area contributed by atoms with E-state index in [0.29, 0.717) is 16.1 Å². The lowest BCUT2D eigenvalue weighted by Crippen LogP contribution is -2.14. The summed E-state index contributed by atoms with van der Waals surface area (Å²) in [5.74, 6) is 0.217. The van der Waals surface area contributed by atoms with Gasteiger partial charge in [0.15, 0.2) is 5.82 Å². The molecule has 0 aliphatic rings. The van der Waals surface area contributed by atoms with Crippen molar-refractivity contribution in [2.75, 3.05) is 17.9 Å². The van der Waals surface area contributed by atoms with E-state index >= 15 is 0 Å². The zero-order chi connectivity index (χ0) is 25.4. The molecule has 0 radical (unpaired) electrons. The number of rotatable bonds is 10. The maximum atomic E-state index is 12.8. The molecule has 0 unspecified atom stereocenters. The minimum atomic E-state index is -3.90. The third-order valence-electron chi connectivity index (χ3n) is 4.57. The van der Waals surface area contributed by atoms with Gasteiger partial charge in [-0.25, -0.2) is 28.4 Å². The average Bonchev–Trinajstić information content (AvgIpc) is 2.88. The van der Waals surface area contributed by atoms with Gasteiger partial charge in [-0.05, 0) is 45.3 Å². The van der Waals surface area contributed by atoms with Crippen molar-refractivity contribution in [3.05, 3.63) is 93.8 Å². The van der Waals surface area contributed by atoms with Gasteiger partial charge >= 0.3 is 6.01 Å². The summed E-state index contributed by atoms with van der Waals surface area (Å²) in [5, 5.41) is 1.59. The standard InChI is InChI=1S/C24H19BrClN5O4S/c25-19-14-27-24(28-15-19)35-12-11-34-23-21(18-6-8-20(26)9-7-18)22(29-16-30-23)31-36(32,33)13-10-17-4-2-1-3-5-17/h1-10,13-16H,11-12H2,(H,29,30,31)/b13-10+. The maximum Gasteiger partial charge on any atom is 0.316 e. The molecule has 36 heavy (non-hydrogen) atoms. The number of anilines is 1. The fourth-order valence-corrected chi connectivity index (χ4v) is 4.14. The molecule has 0 aliphatic carbocycles. The predicted molar refractivity (Wildman–Crippen MR) is 141 cm³/mol. The number of benzene rings is 2. The van der Waals surface area contributed by atoms with Gasteiger partial charge in [0.25, 0.3) is 10.0 Å². The molecule has 0 amide bonds. The van der Waals surface area contributed by atoms with Crippen molar-refractivity contribution < 1.29 is 17.9 Å². The van der Waals surface area contributed by atoms with E-state index in [1.165, 1.54) is 12.4 Å². The highest BCUT2D eigenvalue weighted by Gasteiger charge is 2.19. The van der Waals surface area contributed by atoms with Crippen LogP contribution in [0, 0.1) is 0 Å². The molecule has 184 valence electrons. The molecule has 0 atom stereocenters. The summed E-state index contributed by atoms with van der Waals surface area (Å²) in [5.41, 5.74) is 1.70. The molecule has 1 N–H and O–H groups in total. The van der Waals surface area contributed by atoms with E-state index in [0.717, 1.165) is 15.4 Å². The number of ether oxygens (including phenoxy) is 2. The second kappa shape index (κ2) is 11.9. The number of halogens is 2. The van der Waals surface area contributed by atoms with Crippen molar-refractivity contribution in [3.8, 4) is 23.0 Å². The van der Waals surface area contributed by atoms with E-state index in [2.05, 4.69) is 40.6 Å². The number of aromatic nitrogens is 4. The van der Waals surface area contributed by atoms with Crippen LogP contribution >= 0.6 is 27.5 Å². The second-order valence-corrected chi connectivity index (χ2v) is 10.1. The Labute approximate surface area is 221 Å². The zero-order valence-electron chi connectivity index (χ0n) is 18.6. The summed E-state index contributed by atoms with van der Waals surface area (Å²) in [6.07, 6.45) is 5.84. The first-order valence-electron chi connectivity index (χ1n) is 10.5. The third-order valence-corrected chi connectivity index (χ3v) is 6.21. The highest BCUT2D eigenvalue weighted by Crippen LogP contribution is 2.35. The maximum absolute atomic E-state index is 12.8. The van der Waals surface area contributed by atoms with Crippen molar-refractivity contribution in [1.82, 2.24) is 19.9 Å². The summed E-state index contributed by atoms with van der Waals surface area (Å²) < 4.78 is 40.1. The quantitative estimate of drug-likeness (QED) is 0.251. The average molecular weight is 589 g/mol. The predicted octanol–water partition coefficient (Wildman–Crippen LogP) is 5.22. The summed E-state index contributed by atoms with van der Waals surface area (Å²) >= 11 is 9.30. The monoisotopic (exact) mass is 587 g/mol. The third kappa shape index (κ3) is 7.23. The molecule has 0 saturated heterocycles.